The fourth-order valence-corrected chi connectivity index (χ4v) is 2.82. The molecule has 1 N–H and O–H groups in total. The molecular formula is C13H24F3N. The second kappa shape index (κ2) is 7.24. The molecule has 1 rings (SSSR count). The summed E-state index contributed by atoms with van der Waals surface area (Å²) in [6.07, 6.45) is 3.85. The zero-order chi connectivity index (χ0) is 12.7. The van der Waals surface area contributed by atoms with Gasteiger partial charge in [0.1, 0.15) is 0 Å². The highest BCUT2D eigenvalue weighted by Crippen LogP contribution is 2.29. The van der Waals surface area contributed by atoms with Crippen molar-refractivity contribution in [2.45, 2.75) is 70.0 Å². The summed E-state index contributed by atoms with van der Waals surface area (Å²) in [5.41, 5.74) is 0. The van der Waals surface area contributed by atoms with Crippen LogP contribution in [0.1, 0.15) is 57.8 Å². The van der Waals surface area contributed by atoms with E-state index in [1.165, 1.54) is 32.1 Å². The molecule has 0 aliphatic heterocycles. The predicted octanol–water partition coefficient (Wildman–Crippen LogP) is 4.28. The number of nitrogens with one attached hydrogen (secondary N) is 1. The van der Waals surface area contributed by atoms with Gasteiger partial charge in [0, 0.05) is 12.5 Å². The van der Waals surface area contributed by atoms with Crippen molar-refractivity contribution >= 4 is 0 Å². The zero-order valence-electron chi connectivity index (χ0n) is 10.7. The lowest BCUT2D eigenvalue weighted by Gasteiger charge is -2.28. The molecule has 4 heteroatoms. The molecule has 1 atom stereocenters. The second-order valence-electron chi connectivity index (χ2n) is 5.15. The first-order chi connectivity index (χ1) is 8.03. The van der Waals surface area contributed by atoms with Gasteiger partial charge in [0.05, 0.1) is 0 Å². The Bertz CT molecular complexity index is 195. The largest absolute Gasteiger partial charge is 0.389 e. The van der Waals surface area contributed by atoms with E-state index in [0.717, 1.165) is 12.8 Å². The summed E-state index contributed by atoms with van der Waals surface area (Å²) < 4.78 is 36.7. The Kier molecular flexibility index (Phi) is 6.31. The van der Waals surface area contributed by atoms with E-state index in [9.17, 15) is 13.2 Å². The standard InChI is InChI=1S/C13H24F3N/c1-17-12(9-10-13(14,15)16)11-7-5-3-2-4-6-8-11/h11-12,17H,2-10H2,1H3. The molecule has 1 fully saturated rings. The highest BCUT2D eigenvalue weighted by atomic mass is 19.4. The quantitative estimate of drug-likeness (QED) is 0.786. The van der Waals surface area contributed by atoms with Crippen LogP contribution in [0.3, 0.4) is 0 Å². The molecule has 1 aliphatic rings. The van der Waals surface area contributed by atoms with E-state index >= 15 is 0 Å². The van der Waals surface area contributed by atoms with Gasteiger partial charge >= 0.3 is 6.18 Å². The summed E-state index contributed by atoms with van der Waals surface area (Å²) in [5.74, 6) is 0.433. The monoisotopic (exact) mass is 251 g/mol. The van der Waals surface area contributed by atoms with Gasteiger partial charge in [-0.25, -0.2) is 0 Å². The summed E-state index contributed by atoms with van der Waals surface area (Å²) in [6, 6.07) is 0.0368. The maximum atomic E-state index is 12.2. The van der Waals surface area contributed by atoms with Crippen LogP contribution < -0.4 is 5.32 Å². The Morgan fingerprint density at radius 1 is 1.06 bits per heavy atom. The molecule has 1 aliphatic carbocycles. The van der Waals surface area contributed by atoms with Crippen LogP contribution in [0.2, 0.25) is 0 Å². The number of alkyl halides is 3. The molecular weight excluding hydrogens is 227 g/mol. The summed E-state index contributed by atoms with van der Waals surface area (Å²) in [6.45, 7) is 0. The topological polar surface area (TPSA) is 12.0 Å². The van der Waals surface area contributed by atoms with E-state index in [0.29, 0.717) is 5.92 Å². The van der Waals surface area contributed by atoms with Crippen molar-refractivity contribution in [3.63, 3.8) is 0 Å². The summed E-state index contributed by atoms with van der Waals surface area (Å²) in [4.78, 5) is 0. The van der Waals surface area contributed by atoms with Gasteiger partial charge in [-0.2, -0.15) is 13.2 Å². The third-order valence-electron chi connectivity index (χ3n) is 3.83. The second-order valence-corrected chi connectivity index (χ2v) is 5.15. The van der Waals surface area contributed by atoms with Gasteiger partial charge in [0.25, 0.3) is 0 Å². The molecule has 0 heterocycles. The van der Waals surface area contributed by atoms with Crippen molar-refractivity contribution in [3.05, 3.63) is 0 Å². The molecule has 0 aromatic rings. The Morgan fingerprint density at radius 3 is 2.06 bits per heavy atom. The fraction of sp³-hybridized carbons (Fsp3) is 1.00. The fourth-order valence-electron chi connectivity index (χ4n) is 2.82. The average Bonchev–Trinajstić information content (AvgIpc) is 2.19. The third kappa shape index (κ3) is 6.29. The van der Waals surface area contributed by atoms with Gasteiger partial charge in [0.15, 0.2) is 0 Å². The number of hydrogen-bond donors (Lipinski definition) is 1. The van der Waals surface area contributed by atoms with Crippen molar-refractivity contribution < 1.29 is 13.2 Å². The molecule has 0 spiro atoms. The van der Waals surface area contributed by atoms with E-state index < -0.39 is 12.6 Å². The first-order valence-corrected chi connectivity index (χ1v) is 6.77. The molecule has 1 nitrogen and oxygen atoms in total. The Balaban J connectivity index is 2.40. The minimum absolute atomic E-state index is 0.0368. The average molecular weight is 251 g/mol. The van der Waals surface area contributed by atoms with Crippen molar-refractivity contribution in [2.24, 2.45) is 5.92 Å². The highest BCUT2D eigenvalue weighted by Gasteiger charge is 2.30. The molecule has 0 radical (unpaired) electrons. The van der Waals surface area contributed by atoms with E-state index in [2.05, 4.69) is 5.32 Å². The summed E-state index contributed by atoms with van der Waals surface area (Å²) in [7, 11) is 1.79. The van der Waals surface area contributed by atoms with Crippen LogP contribution in [-0.4, -0.2) is 19.3 Å². The third-order valence-corrected chi connectivity index (χ3v) is 3.83. The van der Waals surface area contributed by atoms with E-state index in [-0.39, 0.29) is 12.5 Å². The minimum atomic E-state index is -4.02. The van der Waals surface area contributed by atoms with Gasteiger partial charge in [-0.3, -0.25) is 0 Å². The van der Waals surface area contributed by atoms with Crippen molar-refractivity contribution in [1.29, 1.82) is 0 Å². The first kappa shape index (κ1) is 14.8. The van der Waals surface area contributed by atoms with Crippen LogP contribution in [-0.2, 0) is 0 Å². The summed E-state index contributed by atoms with van der Waals surface area (Å²) >= 11 is 0. The SMILES string of the molecule is CNC(CCC(F)(F)F)C1CCCCCCC1. The van der Waals surface area contributed by atoms with Crippen LogP contribution >= 0.6 is 0 Å². The molecule has 17 heavy (non-hydrogen) atoms. The number of rotatable bonds is 4. The van der Waals surface area contributed by atoms with Crippen molar-refractivity contribution in [1.82, 2.24) is 5.32 Å². The molecule has 0 saturated heterocycles. The van der Waals surface area contributed by atoms with Crippen LogP contribution in [0.25, 0.3) is 0 Å². The number of hydrogen-bond acceptors (Lipinski definition) is 1. The zero-order valence-corrected chi connectivity index (χ0v) is 10.7. The van der Waals surface area contributed by atoms with Gasteiger partial charge < -0.3 is 5.32 Å². The molecule has 0 aromatic heterocycles. The maximum Gasteiger partial charge on any atom is 0.389 e. The predicted molar refractivity (Wildman–Crippen MR) is 63.9 cm³/mol. The number of halogens is 3. The smallest absolute Gasteiger partial charge is 0.317 e. The molecule has 1 saturated carbocycles. The van der Waals surface area contributed by atoms with Gasteiger partial charge in [0.2, 0.25) is 0 Å². The van der Waals surface area contributed by atoms with Gasteiger partial charge in [-0.1, -0.05) is 32.1 Å². The van der Waals surface area contributed by atoms with Gasteiger partial charge in [-0.05, 0) is 32.2 Å². The molecule has 0 aromatic carbocycles. The maximum absolute atomic E-state index is 12.2. The van der Waals surface area contributed by atoms with Crippen molar-refractivity contribution in [3.8, 4) is 0 Å². The molecule has 102 valence electrons. The van der Waals surface area contributed by atoms with Crippen LogP contribution in [0, 0.1) is 5.92 Å². The lowest BCUT2D eigenvalue weighted by molar-refractivity contribution is -0.137. The first-order valence-electron chi connectivity index (χ1n) is 6.77. The Labute approximate surface area is 102 Å². The molecule has 0 bridgehead atoms. The highest BCUT2D eigenvalue weighted by molar-refractivity contribution is 4.77. The van der Waals surface area contributed by atoms with Crippen LogP contribution in [0.15, 0.2) is 0 Å². The lowest BCUT2D eigenvalue weighted by Crippen LogP contribution is -2.35. The van der Waals surface area contributed by atoms with Crippen LogP contribution in [0.4, 0.5) is 13.2 Å². The molecule has 1 unspecified atom stereocenters. The van der Waals surface area contributed by atoms with E-state index in [1.807, 2.05) is 0 Å². The van der Waals surface area contributed by atoms with E-state index in [1.54, 1.807) is 7.05 Å². The van der Waals surface area contributed by atoms with Crippen molar-refractivity contribution in [2.75, 3.05) is 7.05 Å². The normalized spacial score (nSPS) is 21.9. The molecule has 0 amide bonds. The lowest BCUT2D eigenvalue weighted by atomic mass is 9.84. The van der Waals surface area contributed by atoms with Gasteiger partial charge in [-0.15, -0.1) is 0 Å². The Hall–Kier alpha value is -0.250. The minimum Gasteiger partial charge on any atom is -0.317 e. The Morgan fingerprint density at radius 2 is 1.59 bits per heavy atom. The van der Waals surface area contributed by atoms with Crippen LogP contribution in [0.5, 0.6) is 0 Å². The van der Waals surface area contributed by atoms with E-state index in [4.69, 9.17) is 0 Å². The summed E-state index contributed by atoms with van der Waals surface area (Å²) in [5, 5.41) is 3.09.